The van der Waals surface area contributed by atoms with Gasteiger partial charge in [0.05, 0.1) is 17.6 Å². The number of nitrogens with zero attached hydrogens (tertiary/aromatic N) is 6. The fourth-order valence-corrected chi connectivity index (χ4v) is 3.50. The van der Waals surface area contributed by atoms with E-state index in [2.05, 4.69) is 27.2 Å². The van der Waals surface area contributed by atoms with Crippen LogP contribution < -0.4 is 0 Å². The van der Waals surface area contributed by atoms with Crippen molar-refractivity contribution < 1.29 is 0 Å². The van der Waals surface area contributed by atoms with Crippen LogP contribution in [0.5, 0.6) is 0 Å². The van der Waals surface area contributed by atoms with Gasteiger partial charge in [-0.3, -0.25) is 9.58 Å². The second kappa shape index (κ2) is 5.86. The summed E-state index contributed by atoms with van der Waals surface area (Å²) in [4.78, 5) is 6.47. The van der Waals surface area contributed by atoms with E-state index in [0.29, 0.717) is 6.04 Å². The quantitative estimate of drug-likeness (QED) is 0.740. The Morgan fingerprint density at radius 3 is 3.13 bits per heavy atom. The minimum absolute atomic E-state index is 0.450. The van der Waals surface area contributed by atoms with Gasteiger partial charge >= 0.3 is 0 Å². The van der Waals surface area contributed by atoms with Crippen molar-refractivity contribution in [2.45, 2.75) is 32.0 Å². The first-order chi connectivity index (χ1) is 11.3. The Kier molecular flexibility index (Phi) is 3.56. The van der Waals surface area contributed by atoms with Crippen molar-refractivity contribution >= 4 is 5.52 Å². The van der Waals surface area contributed by atoms with Crippen LogP contribution in [0.2, 0.25) is 0 Å². The summed E-state index contributed by atoms with van der Waals surface area (Å²) in [7, 11) is 0. The Balaban J connectivity index is 1.58. The normalized spacial score (nSPS) is 18.5. The standard InChI is InChI=1S/C17H18N6/c18-8-16-14(10-22-6-2-1-5-17(16)22)9-21-7-3-4-15(21)11-23-13-19-12-20-23/h1-2,5-6,10,12-13,15H,3-4,7,9,11H2/t15-/m1/s1. The van der Waals surface area contributed by atoms with E-state index in [1.54, 1.807) is 12.7 Å². The van der Waals surface area contributed by atoms with Gasteiger partial charge in [-0.1, -0.05) is 6.07 Å². The van der Waals surface area contributed by atoms with Crippen LogP contribution in [0.3, 0.4) is 0 Å². The molecule has 116 valence electrons. The molecule has 23 heavy (non-hydrogen) atoms. The number of hydrogen-bond donors (Lipinski definition) is 0. The molecule has 3 aromatic rings. The van der Waals surface area contributed by atoms with Crippen LogP contribution in [0, 0.1) is 11.3 Å². The lowest BCUT2D eigenvalue weighted by Crippen LogP contribution is -2.32. The Hall–Kier alpha value is -2.65. The largest absolute Gasteiger partial charge is 0.322 e. The summed E-state index contributed by atoms with van der Waals surface area (Å²) in [5, 5.41) is 13.8. The van der Waals surface area contributed by atoms with Gasteiger partial charge in [-0.05, 0) is 31.5 Å². The third kappa shape index (κ3) is 2.60. The van der Waals surface area contributed by atoms with Crippen LogP contribution in [-0.4, -0.2) is 36.7 Å². The molecular formula is C17H18N6. The summed E-state index contributed by atoms with van der Waals surface area (Å²) in [5.41, 5.74) is 2.87. The first-order valence-corrected chi connectivity index (χ1v) is 7.90. The monoisotopic (exact) mass is 306 g/mol. The van der Waals surface area contributed by atoms with Gasteiger partial charge in [0, 0.05) is 30.5 Å². The van der Waals surface area contributed by atoms with Crippen LogP contribution in [0.25, 0.3) is 5.52 Å². The molecule has 0 bridgehead atoms. The van der Waals surface area contributed by atoms with E-state index in [1.165, 1.54) is 6.42 Å². The molecule has 0 amide bonds. The minimum Gasteiger partial charge on any atom is -0.322 e. The van der Waals surface area contributed by atoms with E-state index in [1.807, 2.05) is 33.5 Å². The minimum atomic E-state index is 0.450. The van der Waals surface area contributed by atoms with E-state index >= 15 is 0 Å². The zero-order chi connectivity index (χ0) is 15.6. The summed E-state index contributed by atoms with van der Waals surface area (Å²) in [5.74, 6) is 0. The highest BCUT2D eigenvalue weighted by molar-refractivity contribution is 5.65. The highest BCUT2D eigenvalue weighted by Crippen LogP contribution is 2.25. The zero-order valence-corrected chi connectivity index (χ0v) is 12.8. The van der Waals surface area contributed by atoms with Crippen LogP contribution in [0.15, 0.2) is 43.2 Å². The maximum atomic E-state index is 9.55. The number of likely N-dealkylation sites (tertiary alicyclic amines) is 1. The fourth-order valence-electron chi connectivity index (χ4n) is 3.50. The molecule has 6 heteroatoms. The molecule has 0 N–H and O–H groups in total. The number of pyridine rings is 1. The molecule has 1 aliphatic heterocycles. The Bertz CT molecular complexity index is 842. The van der Waals surface area contributed by atoms with Crippen molar-refractivity contribution in [3.8, 4) is 6.07 Å². The van der Waals surface area contributed by atoms with Crippen LogP contribution in [-0.2, 0) is 13.1 Å². The van der Waals surface area contributed by atoms with E-state index in [9.17, 15) is 5.26 Å². The molecule has 4 heterocycles. The molecule has 6 nitrogen and oxygen atoms in total. The third-order valence-electron chi connectivity index (χ3n) is 4.61. The molecular weight excluding hydrogens is 288 g/mol. The van der Waals surface area contributed by atoms with Gasteiger partial charge in [-0.15, -0.1) is 0 Å². The molecule has 0 spiro atoms. The third-order valence-corrected chi connectivity index (χ3v) is 4.61. The van der Waals surface area contributed by atoms with Gasteiger partial charge in [-0.2, -0.15) is 10.4 Å². The maximum Gasteiger partial charge on any atom is 0.137 e. The predicted octanol–water partition coefficient (Wildman–Crippen LogP) is 2.07. The van der Waals surface area contributed by atoms with Crippen molar-refractivity contribution in [3.05, 3.63) is 54.4 Å². The van der Waals surface area contributed by atoms with Gasteiger partial charge in [0.2, 0.25) is 0 Å². The van der Waals surface area contributed by atoms with Crippen molar-refractivity contribution in [2.75, 3.05) is 6.54 Å². The second-order valence-electron chi connectivity index (χ2n) is 6.02. The topological polar surface area (TPSA) is 62.2 Å². The maximum absolute atomic E-state index is 9.55. The molecule has 0 radical (unpaired) electrons. The molecule has 1 atom stereocenters. The van der Waals surface area contributed by atoms with Crippen molar-refractivity contribution in [3.63, 3.8) is 0 Å². The van der Waals surface area contributed by atoms with Crippen molar-refractivity contribution in [1.29, 1.82) is 5.26 Å². The molecule has 0 unspecified atom stereocenters. The highest BCUT2D eigenvalue weighted by atomic mass is 15.3. The number of nitriles is 1. The van der Waals surface area contributed by atoms with E-state index < -0.39 is 0 Å². The molecule has 4 rings (SSSR count). The van der Waals surface area contributed by atoms with Gasteiger partial charge in [0.1, 0.15) is 18.7 Å². The lowest BCUT2D eigenvalue weighted by molar-refractivity contribution is 0.219. The molecule has 0 aliphatic carbocycles. The predicted molar refractivity (Wildman–Crippen MR) is 85.6 cm³/mol. The summed E-state index contributed by atoms with van der Waals surface area (Å²) >= 11 is 0. The molecule has 1 aliphatic rings. The van der Waals surface area contributed by atoms with Gasteiger partial charge < -0.3 is 4.40 Å². The van der Waals surface area contributed by atoms with Gasteiger partial charge in [0.15, 0.2) is 0 Å². The Morgan fingerprint density at radius 1 is 1.35 bits per heavy atom. The Labute approximate surface area is 134 Å². The lowest BCUT2D eigenvalue weighted by atomic mass is 10.1. The molecule has 3 aromatic heterocycles. The highest BCUT2D eigenvalue weighted by Gasteiger charge is 2.26. The smallest absolute Gasteiger partial charge is 0.137 e. The average molecular weight is 306 g/mol. The summed E-state index contributed by atoms with van der Waals surface area (Å²) in [6.07, 6.45) is 9.77. The van der Waals surface area contributed by atoms with Gasteiger partial charge in [0.25, 0.3) is 0 Å². The van der Waals surface area contributed by atoms with Crippen LogP contribution >= 0.6 is 0 Å². The molecule has 0 aromatic carbocycles. The summed E-state index contributed by atoms with van der Waals surface area (Å²) < 4.78 is 3.93. The zero-order valence-electron chi connectivity index (χ0n) is 12.8. The lowest BCUT2D eigenvalue weighted by Gasteiger charge is -2.23. The summed E-state index contributed by atoms with van der Waals surface area (Å²) in [6.45, 7) is 2.73. The fraction of sp³-hybridized carbons (Fsp3) is 0.353. The molecule has 0 saturated carbocycles. The second-order valence-corrected chi connectivity index (χ2v) is 6.02. The van der Waals surface area contributed by atoms with Crippen LogP contribution in [0.4, 0.5) is 0 Å². The number of fused-ring (bicyclic) bond motifs is 1. The van der Waals surface area contributed by atoms with E-state index in [4.69, 9.17) is 0 Å². The SMILES string of the molecule is N#Cc1c(CN2CCC[C@@H]2Cn2cncn2)cn2ccccc12. The van der Waals surface area contributed by atoms with Crippen LogP contribution in [0.1, 0.15) is 24.0 Å². The number of hydrogen-bond acceptors (Lipinski definition) is 4. The number of aromatic nitrogens is 4. The van der Waals surface area contributed by atoms with E-state index in [0.717, 1.165) is 42.7 Å². The molecule has 1 fully saturated rings. The van der Waals surface area contributed by atoms with E-state index in [-0.39, 0.29) is 0 Å². The summed E-state index contributed by atoms with van der Waals surface area (Å²) in [6, 6.07) is 8.79. The van der Waals surface area contributed by atoms with Crippen molar-refractivity contribution in [1.82, 2.24) is 24.1 Å². The van der Waals surface area contributed by atoms with Gasteiger partial charge in [-0.25, -0.2) is 4.98 Å². The Morgan fingerprint density at radius 2 is 2.30 bits per heavy atom. The van der Waals surface area contributed by atoms with Crippen molar-refractivity contribution in [2.24, 2.45) is 0 Å². The average Bonchev–Trinajstić information content (AvgIpc) is 3.28. The number of rotatable bonds is 4. The molecule has 1 saturated heterocycles. The first kappa shape index (κ1) is 14.0. The first-order valence-electron chi connectivity index (χ1n) is 7.90.